The third-order valence-electron chi connectivity index (χ3n) is 4.94. The molecule has 0 N–H and O–H groups in total. The number of piperidine rings is 1. The Morgan fingerprint density at radius 1 is 1.16 bits per heavy atom. The van der Waals surface area contributed by atoms with Gasteiger partial charge in [0, 0.05) is 11.4 Å². The number of aromatic nitrogens is 4. The highest BCUT2D eigenvalue weighted by Crippen LogP contribution is 2.32. The quantitative estimate of drug-likeness (QED) is 0.700. The summed E-state index contributed by atoms with van der Waals surface area (Å²) in [7, 11) is 0. The highest BCUT2D eigenvalue weighted by atomic mass is 32.1. The number of hydrogen-bond acceptors (Lipinski definition) is 5. The molecule has 3 aromatic rings. The third-order valence-corrected chi connectivity index (χ3v) is 5.86. The van der Waals surface area contributed by atoms with Gasteiger partial charge in [0.25, 0.3) is 0 Å². The van der Waals surface area contributed by atoms with Crippen molar-refractivity contribution in [1.82, 2.24) is 24.6 Å². The molecule has 1 fully saturated rings. The molecule has 0 bridgehead atoms. The van der Waals surface area contributed by atoms with Gasteiger partial charge in [-0.2, -0.15) is 0 Å². The van der Waals surface area contributed by atoms with E-state index in [2.05, 4.69) is 61.9 Å². The van der Waals surface area contributed by atoms with Gasteiger partial charge in [0.15, 0.2) is 5.82 Å². The Balaban J connectivity index is 1.57. The van der Waals surface area contributed by atoms with Gasteiger partial charge in [0.05, 0.1) is 23.8 Å². The Labute approximate surface area is 152 Å². The molecule has 0 aliphatic carbocycles. The Morgan fingerprint density at radius 2 is 2.04 bits per heavy atom. The molecular formula is C19H23N5S. The van der Waals surface area contributed by atoms with Gasteiger partial charge in [0.1, 0.15) is 6.33 Å². The van der Waals surface area contributed by atoms with Crippen LogP contribution in [0, 0.1) is 6.92 Å². The summed E-state index contributed by atoms with van der Waals surface area (Å²) >= 11 is 1.75. The molecule has 1 aromatic carbocycles. The van der Waals surface area contributed by atoms with Crippen LogP contribution in [0.3, 0.4) is 0 Å². The first-order chi connectivity index (χ1) is 12.3. The van der Waals surface area contributed by atoms with E-state index in [0.717, 1.165) is 37.6 Å². The summed E-state index contributed by atoms with van der Waals surface area (Å²) in [6, 6.07) is 10.9. The second-order valence-electron chi connectivity index (χ2n) is 6.65. The van der Waals surface area contributed by atoms with Gasteiger partial charge < -0.3 is 4.57 Å². The second-order valence-corrected chi connectivity index (χ2v) is 7.58. The minimum absolute atomic E-state index is 0.335. The minimum atomic E-state index is 0.335. The molecule has 6 heteroatoms. The molecule has 25 heavy (non-hydrogen) atoms. The molecule has 130 valence electrons. The largest absolute Gasteiger partial charge is 0.312 e. The Bertz CT molecular complexity index is 810. The van der Waals surface area contributed by atoms with Gasteiger partial charge in [-0.15, -0.1) is 21.5 Å². The molecule has 1 saturated heterocycles. The van der Waals surface area contributed by atoms with Crippen LogP contribution in [0.1, 0.15) is 47.3 Å². The normalized spacial score (nSPS) is 18.5. The van der Waals surface area contributed by atoms with Crippen LogP contribution in [0.2, 0.25) is 0 Å². The van der Waals surface area contributed by atoms with Crippen molar-refractivity contribution in [3.05, 3.63) is 64.1 Å². The maximum atomic E-state index is 4.50. The standard InChI is InChI=1S/C19H23N5S/c1-15-18(25-14-20-15)12-23-10-6-5-9-17(23)19-22-21-13-24(19)11-16-7-3-2-4-8-16/h2-4,7-8,13-14,17H,5-6,9-12H2,1H3. The predicted molar refractivity (Wildman–Crippen MR) is 99.4 cm³/mol. The van der Waals surface area contributed by atoms with Crippen molar-refractivity contribution in [2.24, 2.45) is 0 Å². The van der Waals surface area contributed by atoms with Crippen LogP contribution in [0.15, 0.2) is 42.2 Å². The molecule has 0 amide bonds. The number of nitrogens with zero attached hydrogens (tertiary/aromatic N) is 5. The number of benzene rings is 1. The molecule has 5 nitrogen and oxygen atoms in total. The summed E-state index contributed by atoms with van der Waals surface area (Å²) < 4.78 is 2.21. The maximum absolute atomic E-state index is 4.50. The van der Waals surface area contributed by atoms with E-state index in [0.29, 0.717) is 6.04 Å². The zero-order valence-corrected chi connectivity index (χ0v) is 15.3. The first kappa shape index (κ1) is 16.4. The van der Waals surface area contributed by atoms with E-state index < -0.39 is 0 Å². The molecule has 0 saturated carbocycles. The topological polar surface area (TPSA) is 46.8 Å². The Kier molecular flexibility index (Phi) is 4.90. The van der Waals surface area contributed by atoms with E-state index in [4.69, 9.17) is 0 Å². The fraction of sp³-hybridized carbons (Fsp3) is 0.421. The number of thiazole rings is 1. The van der Waals surface area contributed by atoms with Crippen LogP contribution in [0.4, 0.5) is 0 Å². The number of rotatable bonds is 5. The summed E-state index contributed by atoms with van der Waals surface area (Å²) in [5, 5.41) is 8.72. The van der Waals surface area contributed by atoms with Crippen LogP contribution in [0.25, 0.3) is 0 Å². The van der Waals surface area contributed by atoms with E-state index in [9.17, 15) is 0 Å². The molecular weight excluding hydrogens is 330 g/mol. The predicted octanol–water partition coefficient (Wildman–Crippen LogP) is 3.82. The zero-order chi connectivity index (χ0) is 17.1. The van der Waals surface area contributed by atoms with Crippen molar-refractivity contribution >= 4 is 11.3 Å². The van der Waals surface area contributed by atoms with Crippen molar-refractivity contribution in [3.8, 4) is 0 Å². The van der Waals surface area contributed by atoms with Crippen LogP contribution < -0.4 is 0 Å². The monoisotopic (exact) mass is 353 g/mol. The van der Waals surface area contributed by atoms with E-state index in [1.807, 2.05) is 11.8 Å². The van der Waals surface area contributed by atoms with Crippen molar-refractivity contribution < 1.29 is 0 Å². The zero-order valence-electron chi connectivity index (χ0n) is 14.5. The van der Waals surface area contributed by atoms with Crippen LogP contribution >= 0.6 is 11.3 Å². The SMILES string of the molecule is Cc1ncsc1CN1CCCCC1c1nncn1Cc1ccccc1. The second kappa shape index (κ2) is 7.45. The first-order valence-corrected chi connectivity index (χ1v) is 9.74. The maximum Gasteiger partial charge on any atom is 0.150 e. The van der Waals surface area contributed by atoms with Crippen molar-refractivity contribution in [3.63, 3.8) is 0 Å². The molecule has 0 spiro atoms. The van der Waals surface area contributed by atoms with Gasteiger partial charge in [-0.3, -0.25) is 4.90 Å². The van der Waals surface area contributed by atoms with Gasteiger partial charge in [-0.1, -0.05) is 36.8 Å². The molecule has 1 aliphatic rings. The lowest BCUT2D eigenvalue weighted by Crippen LogP contribution is -2.34. The molecule has 4 rings (SSSR count). The fourth-order valence-corrected chi connectivity index (χ4v) is 4.36. The highest BCUT2D eigenvalue weighted by Gasteiger charge is 2.28. The third kappa shape index (κ3) is 3.65. The van der Waals surface area contributed by atoms with Crippen molar-refractivity contribution in [2.75, 3.05) is 6.54 Å². The summed E-state index contributed by atoms with van der Waals surface area (Å²) in [6.07, 6.45) is 5.51. The van der Waals surface area contributed by atoms with E-state index in [1.165, 1.54) is 23.3 Å². The summed E-state index contributed by atoms with van der Waals surface area (Å²) in [4.78, 5) is 8.32. The lowest BCUT2D eigenvalue weighted by Gasteiger charge is -2.34. The Morgan fingerprint density at radius 3 is 2.84 bits per heavy atom. The van der Waals surface area contributed by atoms with Gasteiger partial charge in [-0.25, -0.2) is 4.98 Å². The van der Waals surface area contributed by atoms with Crippen molar-refractivity contribution in [1.29, 1.82) is 0 Å². The first-order valence-electron chi connectivity index (χ1n) is 8.86. The highest BCUT2D eigenvalue weighted by molar-refractivity contribution is 7.09. The van der Waals surface area contributed by atoms with Crippen molar-refractivity contribution in [2.45, 2.75) is 45.3 Å². The van der Waals surface area contributed by atoms with E-state index in [-0.39, 0.29) is 0 Å². The number of hydrogen-bond donors (Lipinski definition) is 0. The minimum Gasteiger partial charge on any atom is -0.312 e. The lowest BCUT2D eigenvalue weighted by atomic mass is 10.0. The molecule has 3 heterocycles. The average Bonchev–Trinajstić information content (AvgIpc) is 3.26. The van der Waals surface area contributed by atoms with Gasteiger partial charge in [-0.05, 0) is 31.9 Å². The lowest BCUT2D eigenvalue weighted by molar-refractivity contribution is 0.131. The molecule has 2 aromatic heterocycles. The van der Waals surface area contributed by atoms with E-state index in [1.54, 1.807) is 11.3 Å². The van der Waals surface area contributed by atoms with Gasteiger partial charge in [0.2, 0.25) is 0 Å². The number of aryl methyl sites for hydroxylation is 1. The van der Waals surface area contributed by atoms with E-state index >= 15 is 0 Å². The summed E-state index contributed by atoms with van der Waals surface area (Å²) in [5.74, 6) is 1.09. The molecule has 1 aliphatic heterocycles. The van der Waals surface area contributed by atoms with Gasteiger partial charge >= 0.3 is 0 Å². The smallest absolute Gasteiger partial charge is 0.150 e. The number of likely N-dealkylation sites (tertiary alicyclic amines) is 1. The van der Waals surface area contributed by atoms with Crippen LogP contribution in [0.5, 0.6) is 0 Å². The fourth-order valence-electron chi connectivity index (χ4n) is 3.56. The Hall–Kier alpha value is -2.05. The van der Waals surface area contributed by atoms with Crippen LogP contribution in [-0.2, 0) is 13.1 Å². The molecule has 1 unspecified atom stereocenters. The average molecular weight is 353 g/mol. The summed E-state index contributed by atoms with van der Waals surface area (Å²) in [5.41, 5.74) is 4.38. The molecule has 1 atom stereocenters. The summed E-state index contributed by atoms with van der Waals surface area (Å²) in [6.45, 7) is 5.00. The molecule has 0 radical (unpaired) electrons. The van der Waals surface area contributed by atoms with Crippen LogP contribution in [-0.4, -0.2) is 31.2 Å².